The van der Waals surface area contributed by atoms with Crippen LogP contribution >= 0.6 is 0 Å². The second kappa shape index (κ2) is 1.70. The Labute approximate surface area is 57.0 Å². The third-order valence-corrected chi connectivity index (χ3v) is 1.18. The number of imidazole rings is 1. The molecule has 0 aromatic carbocycles. The molecule has 2 rings (SSSR count). The number of nitrogens with zero attached hydrogens (tertiary/aromatic N) is 2. The van der Waals surface area contributed by atoms with Crippen molar-refractivity contribution in [2.75, 3.05) is 5.73 Å². The summed E-state index contributed by atoms with van der Waals surface area (Å²) in [6.45, 7) is 0. The van der Waals surface area contributed by atoms with Gasteiger partial charge in [0.1, 0.15) is 5.69 Å². The Kier molecular flexibility index (Phi) is 0.887. The second-order valence-corrected chi connectivity index (χ2v) is 1.89. The fourth-order valence-corrected chi connectivity index (χ4v) is 0.787. The van der Waals surface area contributed by atoms with Gasteiger partial charge in [0.15, 0.2) is 0 Å². The molecular formula is C6H5N3O. The fraction of sp³-hybridized carbons (Fsp3) is 0. The van der Waals surface area contributed by atoms with E-state index in [1.807, 2.05) is 0 Å². The van der Waals surface area contributed by atoms with Gasteiger partial charge in [-0.2, -0.15) is 4.98 Å². The molecule has 0 saturated carbocycles. The molecule has 0 aromatic heterocycles. The van der Waals surface area contributed by atoms with E-state index >= 15 is 0 Å². The molecule has 50 valence electrons. The molecule has 4 heteroatoms. The Hall–Kier alpha value is -1.58. The lowest BCUT2D eigenvalue weighted by Gasteiger charge is -1.87. The van der Waals surface area contributed by atoms with Crippen molar-refractivity contribution in [1.29, 1.82) is 0 Å². The monoisotopic (exact) mass is 135 g/mol. The number of rotatable bonds is 0. The van der Waals surface area contributed by atoms with E-state index in [1.165, 1.54) is 6.26 Å². The van der Waals surface area contributed by atoms with E-state index in [0.717, 1.165) is 0 Å². The van der Waals surface area contributed by atoms with Crippen molar-refractivity contribution in [2.24, 2.45) is 0 Å². The summed E-state index contributed by atoms with van der Waals surface area (Å²) in [4.78, 5) is 7.70. The van der Waals surface area contributed by atoms with Gasteiger partial charge in [0, 0.05) is 0 Å². The molecule has 0 unspecified atom stereocenters. The highest BCUT2D eigenvalue weighted by molar-refractivity contribution is 5.52. The van der Waals surface area contributed by atoms with Gasteiger partial charge < -0.3 is 10.2 Å². The minimum Gasteiger partial charge on any atom is -0.445 e. The molecule has 2 N–H and O–H groups in total. The highest BCUT2D eigenvalue weighted by Crippen LogP contribution is 2.17. The fourth-order valence-electron chi connectivity index (χ4n) is 0.787. The van der Waals surface area contributed by atoms with Crippen molar-refractivity contribution < 1.29 is 4.42 Å². The average Bonchev–Trinajstić information content (AvgIpc) is 2.27. The summed E-state index contributed by atoms with van der Waals surface area (Å²) in [5.41, 5.74) is 6.00. The summed E-state index contributed by atoms with van der Waals surface area (Å²) in [6.07, 6.45) is 1.54. The van der Waals surface area contributed by atoms with Crippen LogP contribution in [0.5, 0.6) is 0 Å². The summed E-state index contributed by atoms with van der Waals surface area (Å²) >= 11 is 0. The first-order valence-corrected chi connectivity index (χ1v) is 2.83. The smallest absolute Gasteiger partial charge is 0.248 e. The number of hydrogen-bond acceptors (Lipinski definition) is 4. The molecule has 2 heterocycles. The lowest BCUT2D eigenvalue weighted by Crippen LogP contribution is -1.83. The van der Waals surface area contributed by atoms with Gasteiger partial charge in [0.05, 0.1) is 6.26 Å². The lowest BCUT2D eigenvalue weighted by molar-refractivity contribution is 0.551. The molecule has 0 saturated heterocycles. The first-order chi connectivity index (χ1) is 4.86. The standard InChI is InChI=1S/C6H5N3O/c7-6-8-4-2-1-3-10-5(4)9-6/h1-3H,(H2,7,8). The average molecular weight is 135 g/mol. The van der Waals surface area contributed by atoms with Gasteiger partial charge in [0.25, 0.3) is 0 Å². The topological polar surface area (TPSA) is 64.9 Å². The Morgan fingerprint density at radius 3 is 3.10 bits per heavy atom. The molecule has 4 nitrogen and oxygen atoms in total. The van der Waals surface area contributed by atoms with Gasteiger partial charge in [-0.1, -0.05) is 0 Å². The zero-order valence-electron chi connectivity index (χ0n) is 5.11. The minimum absolute atomic E-state index is 0.255. The van der Waals surface area contributed by atoms with E-state index in [-0.39, 0.29) is 5.95 Å². The van der Waals surface area contributed by atoms with Gasteiger partial charge in [-0.15, -0.1) is 0 Å². The van der Waals surface area contributed by atoms with Crippen molar-refractivity contribution >= 4 is 5.95 Å². The van der Waals surface area contributed by atoms with Crippen LogP contribution in [0.3, 0.4) is 0 Å². The first kappa shape index (κ1) is 5.22. The Morgan fingerprint density at radius 2 is 2.30 bits per heavy atom. The summed E-state index contributed by atoms with van der Waals surface area (Å²) in [5.74, 6) is 0.741. The third-order valence-electron chi connectivity index (χ3n) is 1.18. The predicted octanol–water partition coefficient (Wildman–Crippen LogP) is 0.757. The van der Waals surface area contributed by atoms with Gasteiger partial charge in [-0.3, -0.25) is 0 Å². The Bertz CT molecular complexity index is 287. The van der Waals surface area contributed by atoms with E-state index < -0.39 is 0 Å². The van der Waals surface area contributed by atoms with Crippen molar-refractivity contribution in [1.82, 2.24) is 9.97 Å². The van der Waals surface area contributed by atoms with Crippen molar-refractivity contribution in [3.8, 4) is 11.6 Å². The van der Waals surface area contributed by atoms with Crippen molar-refractivity contribution in [3.63, 3.8) is 0 Å². The van der Waals surface area contributed by atoms with Crippen LogP contribution in [0.25, 0.3) is 11.6 Å². The molecular weight excluding hydrogens is 130 g/mol. The highest BCUT2D eigenvalue weighted by Gasteiger charge is 2.08. The van der Waals surface area contributed by atoms with Crippen LogP contribution in [0.4, 0.5) is 5.95 Å². The molecule has 0 amide bonds. The summed E-state index contributed by atoms with van der Waals surface area (Å²) in [5, 5.41) is 0. The molecule has 0 atom stereocenters. The number of fused-ring (bicyclic) bond motifs is 1. The largest absolute Gasteiger partial charge is 0.445 e. The second-order valence-electron chi connectivity index (χ2n) is 1.89. The Morgan fingerprint density at radius 1 is 1.40 bits per heavy atom. The minimum atomic E-state index is 0.255. The zero-order chi connectivity index (χ0) is 6.97. The van der Waals surface area contributed by atoms with Crippen molar-refractivity contribution in [3.05, 3.63) is 18.4 Å². The van der Waals surface area contributed by atoms with Crippen LogP contribution in [0.15, 0.2) is 22.8 Å². The molecule has 0 spiro atoms. The van der Waals surface area contributed by atoms with Crippen LogP contribution in [-0.4, -0.2) is 9.97 Å². The highest BCUT2D eigenvalue weighted by atomic mass is 16.3. The zero-order valence-corrected chi connectivity index (χ0v) is 5.11. The maximum atomic E-state index is 5.31. The Balaban J connectivity index is 2.76. The molecule has 0 bridgehead atoms. The molecule has 0 radical (unpaired) electrons. The van der Waals surface area contributed by atoms with Gasteiger partial charge in [-0.25, -0.2) is 4.98 Å². The van der Waals surface area contributed by atoms with Crippen LogP contribution < -0.4 is 5.73 Å². The summed E-state index contributed by atoms with van der Waals surface area (Å²) < 4.78 is 4.98. The maximum Gasteiger partial charge on any atom is 0.248 e. The third kappa shape index (κ3) is 0.621. The normalized spacial score (nSPS) is 10.4. The van der Waals surface area contributed by atoms with E-state index in [0.29, 0.717) is 11.6 Å². The molecule has 2 aliphatic rings. The van der Waals surface area contributed by atoms with E-state index in [1.54, 1.807) is 12.1 Å². The van der Waals surface area contributed by atoms with Gasteiger partial charge in [0.2, 0.25) is 11.8 Å². The van der Waals surface area contributed by atoms with Crippen LogP contribution in [0.2, 0.25) is 0 Å². The van der Waals surface area contributed by atoms with Crippen LogP contribution in [-0.2, 0) is 0 Å². The lowest BCUT2D eigenvalue weighted by atomic mass is 10.4. The molecule has 0 fully saturated rings. The number of hydrogen-bond donors (Lipinski definition) is 1. The summed E-state index contributed by atoms with van der Waals surface area (Å²) in [7, 11) is 0. The quantitative estimate of drug-likeness (QED) is 0.579. The molecule has 0 aliphatic carbocycles. The SMILES string of the molecule is Nc1nc2cccoc-2n1. The predicted molar refractivity (Wildman–Crippen MR) is 35.3 cm³/mol. The first-order valence-electron chi connectivity index (χ1n) is 2.83. The number of nitrogens with two attached hydrogens (primary N) is 1. The summed E-state index contributed by atoms with van der Waals surface area (Å²) in [6, 6.07) is 3.54. The van der Waals surface area contributed by atoms with Crippen LogP contribution in [0.1, 0.15) is 0 Å². The molecule has 2 aliphatic heterocycles. The number of anilines is 1. The number of nitrogen functional groups attached to an aromatic ring is 1. The van der Waals surface area contributed by atoms with Crippen LogP contribution in [0, 0.1) is 0 Å². The number of aromatic nitrogens is 2. The van der Waals surface area contributed by atoms with Crippen molar-refractivity contribution in [2.45, 2.75) is 0 Å². The van der Waals surface area contributed by atoms with E-state index in [9.17, 15) is 0 Å². The van der Waals surface area contributed by atoms with Gasteiger partial charge >= 0.3 is 0 Å². The van der Waals surface area contributed by atoms with Gasteiger partial charge in [-0.05, 0) is 12.1 Å². The molecule has 10 heavy (non-hydrogen) atoms. The van der Waals surface area contributed by atoms with E-state index in [2.05, 4.69) is 9.97 Å². The molecule has 0 aromatic rings. The maximum absolute atomic E-state index is 5.31. The van der Waals surface area contributed by atoms with E-state index in [4.69, 9.17) is 10.2 Å².